The second-order valence-electron chi connectivity index (χ2n) is 6.79. The van der Waals surface area contributed by atoms with Gasteiger partial charge in [-0.25, -0.2) is 9.97 Å². The number of aromatic nitrogens is 3. The van der Waals surface area contributed by atoms with E-state index in [4.69, 9.17) is 0 Å². The van der Waals surface area contributed by atoms with E-state index in [1.807, 2.05) is 0 Å². The average Bonchev–Trinajstić information content (AvgIpc) is 3.47. The molecule has 1 fully saturated rings. The Bertz CT molecular complexity index is 866. The van der Waals surface area contributed by atoms with Crippen LogP contribution in [0.15, 0.2) is 24.7 Å². The average molecular weight is 377 g/mol. The van der Waals surface area contributed by atoms with E-state index in [2.05, 4.69) is 20.3 Å². The van der Waals surface area contributed by atoms with Crippen LogP contribution in [0.1, 0.15) is 40.2 Å². The summed E-state index contributed by atoms with van der Waals surface area (Å²) >= 11 is 0. The van der Waals surface area contributed by atoms with Crippen LogP contribution < -0.4 is 5.32 Å². The lowest BCUT2D eigenvalue weighted by Gasteiger charge is -2.20. The predicted molar refractivity (Wildman–Crippen MR) is 91.2 cm³/mol. The van der Waals surface area contributed by atoms with E-state index >= 15 is 0 Å². The van der Waals surface area contributed by atoms with Crippen molar-refractivity contribution in [3.63, 3.8) is 0 Å². The van der Waals surface area contributed by atoms with Gasteiger partial charge >= 0.3 is 6.18 Å². The largest absolute Gasteiger partial charge is 0.433 e. The van der Waals surface area contributed by atoms with E-state index < -0.39 is 17.8 Å². The molecule has 0 saturated heterocycles. The normalized spacial score (nSPS) is 17.2. The minimum absolute atomic E-state index is 0.00862. The summed E-state index contributed by atoms with van der Waals surface area (Å²) in [6.45, 7) is 0.803. The highest BCUT2D eigenvalue weighted by Gasteiger charge is 2.33. The summed E-state index contributed by atoms with van der Waals surface area (Å²) in [5.41, 5.74) is 0.804. The van der Waals surface area contributed by atoms with Crippen LogP contribution in [0.4, 0.5) is 19.0 Å². The van der Waals surface area contributed by atoms with E-state index in [1.165, 1.54) is 12.4 Å². The van der Waals surface area contributed by atoms with Gasteiger partial charge in [0.15, 0.2) is 0 Å². The molecule has 27 heavy (non-hydrogen) atoms. The molecule has 0 bridgehead atoms. The fourth-order valence-electron chi connectivity index (χ4n) is 3.18. The van der Waals surface area contributed by atoms with E-state index in [0.29, 0.717) is 32.0 Å². The summed E-state index contributed by atoms with van der Waals surface area (Å²) in [6, 6.07) is 2.57. The topological polar surface area (TPSA) is 71.0 Å². The molecule has 142 valence electrons. The summed E-state index contributed by atoms with van der Waals surface area (Å²) in [5, 5.41) is 3.38. The van der Waals surface area contributed by atoms with Crippen molar-refractivity contribution in [3.05, 3.63) is 47.2 Å². The van der Waals surface area contributed by atoms with Crippen LogP contribution in [0.25, 0.3) is 0 Å². The minimum Gasteiger partial charge on any atom is -0.367 e. The van der Waals surface area contributed by atoms with Gasteiger partial charge < -0.3 is 10.2 Å². The van der Waals surface area contributed by atoms with Crippen molar-refractivity contribution in [3.8, 4) is 0 Å². The number of amides is 1. The molecule has 1 aliphatic carbocycles. The Morgan fingerprint density at radius 1 is 1.15 bits per heavy atom. The first-order valence-electron chi connectivity index (χ1n) is 8.83. The Balaban J connectivity index is 1.52. The molecule has 0 radical (unpaired) electrons. The molecule has 1 saturated carbocycles. The molecule has 2 aromatic heterocycles. The molecule has 1 aliphatic heterocycles. The predicted octanol–water partition coefficient (Wildman–Crippen LogP) is 2.71. The molecular weight excluding hydrogens is 359 g/mol. The number of fused-ring (bicyclic) bond motifs is 1. The highest BCUT2D eigenvalue weighted by Crippen LogP contribution is 2.29. The van der Waals surface area contributed by atoms with Crippen molar-refractivity contribution in [1.82, 2.24) is 19.9 Å². The van der Waals surface area contributed by atoms with Gasteiger partial charge in [0.1, 0.15) is 17.8 Å². The molecule has 0 spiro atoms. The molecule has 1 N–H and O–H groups in total. The van der Waals surface area contributed by atoms with E-state index in [-0.39, 0.29) is 5.56 Å². The van der Waals surface area contributed by atoms with E-state index in [9.17, 15) is 18.0 Å². The number of carbonyl (C=O) groups is 1. The zero-order valence-electron chi connectivity index (χ0n) is 14.5. The Labute approximate surface area is 153 Å². The maximum atomic E-state index is 12.9. The lowest BCUT2D eigenvalue weighted by atomic mass is 10.1. The number of nitrogens with zero attached hydrogens (tertiary/aromatic N) is 4. The van der Waals surface area contributed by atoms with Crippen LogP contribution in [0, 0.1) is 0 Å². The first kappa shape index (κ1) is 17.7. The van der Waals surface area contributed by atoms with Crippen molar-refractivity contribution in [2.75, 3.05) is 18.4 Å². The van der Waals surface area contributed by atoms with Gasteiger partial charge in [0.25, 0.3) is 5.91 Å². The summed E-state index contributed by atoms with van der Waals surface area (Å²) in [4.78, 5) is 26.3. The molecule has 4 rings (SSSR count). The van der Waals surface area contributed by atoms with Gasteiger partial charge in [0.05, 0.1) is 5.69 Å². The maximum absolute atomic E-state index is 12.9. The monoisotopic (exact) mass is 377 g/mol. The number of nitrogens with one attached hydrogen (secondary N) is 1. The Hall–Kier alpha value is -2.71. The number of halogens is 3. The second-order valence-corrected chi connectivity index (χ2v) is 6.79. The van der Waals surface area contributed by atoms with Gasteiger partial charge in [-0.05, 0) is 31.4 Å². The van der Waals surface area contributed by atoms with Gasteiger partial charge in [0, 0.05) is 42.9 Å². The first-order chi connectivity index (χ1) is 12.9. The van der Waals surface area contributed by atoms with Crippen LogP contribution in [-0.2, 0) is 19.0 Å². The summed E-state index contributed by atoms with van der Waals surface area (Å²) in [6.07, 6.45) is 1.30. The molecule has 0 aromatic carbocycles. The highest BCUT2D eigenvalue weighted by molar-refractivity contribution is 5.94. The van der Waals surface area contributed by atoms with Crippen molar-refractivity contribution in [2.45, 2.75) is 37.9 Å². The lowest BCUT2D eigenvalue weighted by Crippen LogP contribution is -2.33. The Morgan fingerprint density at radius 3 is 2.67 bits per heavy atom. The molecule has 0 atom stereocenters. The number of hydrogen-bond acceptors (Lipinski definition) is 5. The van der Waals surface area contributed by atoms with E-state index in [0.717, 1.165) is 42.2 Å². The van der Waals surface area contributed by atoms with Gasteiger partial charge in [-0.15, -0.1) is 0 Å². The SMILES string of the molecule is O=C(c1ccnc(C(F)(F)F)c1)N1CCc2ncnc(NC3CC3)c2CC1. The zero-order chi connectivity index (χ0) is 19.0. The van der Waals surface area contributed by atoms with Gasteiger partial charge in [-0.3, -0.25) is 9.78 Å². The summed E-state index contributed by atoms with van der Waals surface area (Å²) in [5.74, 6) is 0.375. The standard InChI is InChI=1S/C18H18F3N5O/c19-18(20,21)15-9-11(3-6-22-15)17(27)26-7-4-13-14(5-8-26)23-10-24-16(13)25-12-1-2-12/h3,6,9-10,12H,1-2,4-5,7-8H2,(H,23,24,25). The van der Waals surface area contributed by atoms with Gasteiger partial charge in [0.2, 0.25) is 0 Å². The molecule has 6 nitrogen and oxygen atoms in total. The van der Waals surface area contributed by atoms with E-state index in [1.54, 1.807) is 4.90 Å². The summed E-state index contributed by atoms with van der Waals surface area (Å²) < 4.78 is 38.6. The van der Waals surface area contributed by atoms with Crippen molar-refractivity contribution in [1.29, 1.82) is 0 Å². The third-order valence-electron chi connectivity index (χ3n) is 4.79. The molecule has 9 heteroatoms. The molecular formula is C18H18F3N5O. The second kappa shape index (κ2) is 6.79. The van der Waals surface area contributed by atoms with Crippen LogP contribution in [-0.4, -0.2) is 44.9 Å². The minimum atomic E-state index is -4.58. The molecule has 2 aromatic rings. The number of alkyl halides is 3. The number of carbonyl (C=O) groups excluding carboxylic acids is 1. The molecule has 3 heterocycles. The fraction of sp³-hybridized carbons (Fsp3) is 0.444. The molecule has 0 unspecified atom stereocenters. The number of hydrogen-bond donors (Lipinski definition) is 1. The Morgan fingerprint density at radius 2 is 1.93 bits per heavy atom. The van der Waals surface area contributed by atoms with Crippen LogP contribution in [0.3, 0.4) is 0 Å². The zero-order valence-corrected chi connectivity index (χ0v) is 14.5. The first-order valence-corrected chi connectivity index (χ1v) is 8.83. The smallest absolute Gasteiger partial charge is 0.367 e. The van der Waals surface area contributed by atoms with Gasteiger partial charge in [-0.1, -0.05) is 0 Å². The Kier molecular flexibility index (Phi) is 4.45. The van der Waals surface area contributed by atoms with Crippen molar-refractivity contribution >= 4 is 11.7 Å². The molecule has 1 amide bonds. The third-order valence-corrected chi connectivity index (χ3v) is 4.79. The third kappa shape index (κ3) is 3.86. The van der Waals surface area contributed by atoms with Crippen molar-refractivity contribution < 1.29 is 18.0 Å². The lowest BCUT2D eigenvalue weighted by molar-refractivity contribution is -0.141. The fourth-order valence-corrected chi connectivity index (χ4v) is 3.18. The number of rotatable bonds is 3. The van der Waals surface area contributed by atoms with Crippen LogP contribution >= 0.6 is 0 Å². The summed E-state index contributed by atoms with van der Waals surface area (Å²) in [7, 11) is 0. The van der Waals surface area contributed by atoms with Crippen LogP contribution in [0.5, 0.6) is 0 Å². The van der Waals surface area contributed by atoms with Crippen molar-refractivity contribution in [2.24, 2.45) is 0 Å². The quantitative estimate of drug-likeness (QED) is 0.891. The van der Waals surface area contributed by atoms with Gasteiger partial charge in [-0.2, -0.15) is 13.2 Å². The van der Waals surface area contributed by atoms with Crippen LogP contribution in [0.2, 0.25) is 0 Å². The number of pyridine rings is 1. The number of anilines is 1. The molecule has 2 aliphatic rings. The maximum Gasteiger partial charge on any atom is 0.433 e. The highest BCUT2D eigenvalue weighted by atomic mass is 19.4.